The quantitative estimate of drug-likeness (QED) is 0.658. The number of amides is 1. The van der Waals surface area contributed by atoms with Gasteiger partial charge in [-0.1, -0.05) is 44.5 Å². The molecular weight excluding hydrogens is 296 g/mol. The van der Waals surface area contributed by atoms with Crippen molar-refractivity contribution in [3.8, 4) is 0 Å². The highest BCUT2D eigenvalue weighted by atomic mass is 35.5. The average Bonchev–Trinajstić information content (AvgIpc) is 2.52. The van der Waals surface area contributed by atoms with Gasteiger partial charge in [0.1, 0.15) is 0 Å². The Labute approximate surface area is 140 Å². The van der Waals surface area contributed by atoms with E-state index < -0.39 is 0 Å². The van der Waals surface area contributed by atoms with E-state index in [1.807, 2.05) is 29.2 Å². The van der Waals surface area contributed by atoms with Crippen LogP contribution in [0.3, 0.4) is 0 Å². The van der Waals surface area contributed by atoms with Crippen molar-refractivity contribution in [3.05, 3.63) is 34.9 Å². The predicted octanol–water partition coefficient (Wildman–Crippen LogP) is 4.07. The Balaban J connectivity index is 2.91. The molecule has 0 spiro atoms. The molecule has 0 aliphatic carbocycles. The lowest BCUT2D eigenvalue weighted by atomic mass is 9.97. The summed E-state index contributed by atoms with van der Waals surface area (Å²) in [5, 5.41) is 4.09. The first-order chi connectivity index (χ1) is 10.6. The van der Waals surface area contributed by atoms with E-state index in [0.29, 0.717) is 11.6 Å². The van der Waals surface area contributed by atoms with Gasteiger partial charge in [-0.05, 0) is 43.5 Å². The number of carbonyl (C=O) groups is 1. The summed E-state index contributed by atoms with van der Waals surface area (Å²) in [4.78, 5) is 14.9. The maximum absolute atomic E-state index is 13.0. The first-order valence-corrected chi connectivity index (χ1v) is 8.76. The second kappa shape index (κ2) is 10.6. The summed E-state index contributed by atoms with van der Waals surface area (Å²) in [6.45, 7) is 9.62. The zero-order chi connectivity index (χ0) is 16.4. The third-order valence-electron chi connectivity index (χ3n) is 3.64. The van der Waals surface area contributed by atoms with Gasteiger partial charge < -0.3 is 10.2 Å². The Morgan fingerprint density at radius 3 is 2.18 bits per heavy atom. The maximum atomic E-state index is 13.0. The fourth-order valence-electron chi connectivity index (χ4n) is 2.56. The molecule has 0 bridgehead atoms. The largest absolute Gasteiger partial charge is 0.342 e. The molecule has 124 valence electrons. The van der Waals surface area contributed by atoms with Crippen LogP contribution in [0.25, 0.3) is 0 Å². The Hall–Kier alpha value is -1.06. The molecule has 1 atom stereocenters. The molecule has 1 amide bonds. The fraction of sp³-hybridized carbons (Fsp3) is 0.611. The fourth-order valence-corrected chi connectivity index (χ4v) is 2.68. The summed E-state index contributed by atoms with van der Waals surface area (Å²) in [5.41, 5.74) is 1.04. The van der Waals surface area contributed by atoms with Gasteiger partial charge in [0.25, 0.3) is 0 Å². The van der Waals surface area contributed by atoms with Gasteiger partial charge >= 0.3 is 0 Å². The van der Waals surface area contributed by atoms with Crippen LogP contribution in [-0.4, -0.2) is 37.0 Å². The first-order valence-electron chi connectivity index (χ1n) is 8.38. The minimum atomic E-state index is -0.137. The van der Waals surface area contributed by atoms with Crippen molar-refractivity contribution in [1.29, 1.82) is 0 Å². The molecule has 1 aromatic rings. The van der Waals surface area contributed by atoms with Crippen LogP contribution >= 0.6 is 11.6 Å². The second-order valence-corrected chi connectivity index (χ2v) is 6.07. The zero-order valence-electron chi connectivity index (χ0n) is 14.1. The van der Waals surface area contributed by atoms with Crippen LogP contribution in [0.2, 0.25) is 5.02 Å². The van der Waals surface area contributed by atoms with Crippen LogP contribution in [0.15, 0.2) is 24.3 Å². The van der Waals surface area contributed by atoms with Gasteiger partial charge in [0.2, 0.25) is 5.91 Å². The monoisotopic (exact) mass is 324 g/mol. The highest BCUT2D eigenvalue weighted by molar-refractivity contribution is 6.30. The van der Waals surface area contributed by atoms with E-state index in [4.69, 9.17) is 11.6 Å². The lowest BCUT2D eigenvalue weighted by Crippen LogP contribution is -2.40. The summed E-state index contributed by atoms with van der Waals surface area (Å²) < 4.78 is 0. The Bertz CT molecular complexity index is 427. The molecule has 0 heterocycles. The minimum absolute atomic E-state index is 0.137. The second-order valence-electron chi connectivity index (χ2n) is 5.63. The highest BCUT2D eigenvalue weighted by Gasteiger charge is 2.24. The average molecular weight is 325 g/mol. The molecule has 0 aromatic heterocycles. The van der Waals surface area contributed by atoms with Gasteiger partial charge in [0.15, 0.2) is 0 Å². The van der Waals surface area contributed by atoms with Gasteiger partial charge in [-0.25, -0.2) is 0 Å². The van der Waals surface area contributed by atoms with E-state index in [9.17, 15) is 4.79 Å². The van der Waals surface area contributed by atoms with Crippen LogP contribution in [0.5, 0.6) is 0 Å². The number of hydrogen-bond donors (Lipinski definition) is 1. The van der Waals surface area contributed by atoms with Gasteiger partial charge in [-0.3, -0.25) is 4.79 Å². The van der Waals surface area contributed by atoms with Gasteiger partial charge in [-0.2, -0.15) is 0 Å². The summed E-state index contributed by atoms with van der Waals surface area (Å²) >= 11 is 5.97. The van der Waals surface area contributed by atoms with E-state index in [2.05, 4.69) is 26.1 Å². The number of carbonyl (C=O) groups excluding carboxylic acids is 1. The number of hydrogen-bond acceptors (Lipinski definition) is 2. The van der Waals surface area contributed by atoms with E-state index in [0.717, 1.165) is 44.5 Å². The molecule has 0 radical (unpaired) electrons. The van der Waals surface area contributed by atoms with Crippen LogP contribution in [0, 0.1) is 0 Å². The van der Waals surface area contributed by atoms with E-state index in [-0.39, 0.29) is 11.8 Å². The number of halogens is 1. The Kier molecular flexibility index (Phi) is 9.17. The van der Waals surface area contributed by atoms with Gasteiger partial charge in [0, 0.05) is 24.7 Å². The van der Waals surface area contributed by atoms with Gasteiger partial charge in [-0.15, -0.1) is 0 Å². The van der Waals surface area contributed by atoms with Crippen molar-refractivity contribution in [2.24, 2.45) is 0 Å². The van der Waals surface area contributed by atoms with Crippen molar-refractivity contribution < 1.29 is 4.79 Å². The topological polar surface area (TPSA) is 32.3 Å². The molecule has 1 rings (SSSR count). The van der Waals surface area contributed by atoms with Crippen molar-refractivity contribution in [1.82, 2.24) is 10.2 Å². The predicted molar refractivity (Wildman–Crippen MR) is 94.5 cm³/mol. The molecule has 0 fully saturated rings. The molecule has 1 aromatic carbocycles. The SMILES string of the molecule is CCCNC[C@@H](C(=O)N(CCC)CCC)c1ccc(Cl)cc1. The number of benzene rings is 1. The standard InChI is InChI=1S/C18H29ClN2O/c1-4-11-20-14-17(15-7-9-16(19)10-8-15)18(22)21(12-5-2)13-6-3/h7-10,17,20H,4-6,11-14H2,1-3H3/t17-/m1/s1. The minimum Gasteiger partial charge on any atom is -0.342 e. The molecule has 22 heavy (non-hydrogen) atoms. The molecule has 0 unspecified atom stereocenters. The Morgan fingerprint density at radius 2 is 1.68 bits per heavy atom. The molecule has 1 N–H and O–H groups in total. The van der Waals surface area contributed by atoms with E-state index >= 15 is 0 Å². The van der Waals surface area contributed by atoms with E-state index in [1.54, 1.807) is 0 Å². The molecular formula is C18H29ClN2O. The highest BCUT2D eigenvalue weighted by Crippen LogP contribution is 2.21. The lowest BCUT2D eigenvalue weighted by Gasteiger charge is -2.27. The summed E-state index contributed by atoms with van der Waals surface area (Å²) in [7, 11) is 0. The van der Waals surface area contributed by atoms with Crippen molar-refractivity contribution in [2.75, 3.05) is 26.2 Å². The van der Waals surface area contributed by atoms with Crippen molar-refractivity contribution >= 4 is 17.5 Å². The number of nitrogens with one attached hydrogen (secondary N) is 1. The van der Waals surface area contributed by atoms with Crippen LogP contribution < -0.4 is 5.32 Å². The summed E-state index contributed by atoms with van der Waals surface area (Å²) in [5.74, 6) is 0.0801. The maximum Gasteiger partial charge on any atom is 0.231 e. The van der Waals surface area contributed by atoms with Crippen LogP contribution in [-0.2, 0) is 4.79 Å². The molecule has 0 saturated carbocycles. The molecule has 3 nitrogen and oxygen atoms in total. The van der Waals surface area contributed by atoms with Crippen molar-refractivity contribution in [2.45, 2.75) is 46.0 Å². The molecule has 0 aliphatic heterocycles. The zero-order valence-corrected chi connectivity index (χ0v) is 14.8. The third-order valence-corrected chi connectivity index (χ3v) is 3.90. The van der Waals surface area contributed by atoms with Crippen LogP contribution in [0.4, 0.5) is 0 Å². The Morgan fingerprint density at radius 1 is 1.09 bits per heavy atom. The smallest absolute Gasteiger partial charge is 0.231 e. The first kappa shape index (κ1) is 19.0. The van der Waals surface area contributed by atoms with E-state index in [1.165, 1.54) is 0 Å². The molecule has 4 heteroatoms. The molecule has 0 saturated heterocycles. The molecule has 0 aliphatic rings. The third kappa shape index (κ3) is 5.98. The normalized spacial score (nSPS) is 12.2. The summed E-state index contributed by atoms with van der Waals surface area (Å²) in [6, 6.07) is 7.66. The lowest BCUT2D eigenvalue weighted by molar-refractivity contribution is -0.132. The van der Waals surface area contributed by atoms with Gasteiger partial charge in [0.05, 0.1) is 5.92 Å². The summed E-state index contributed by atoms with van der Waals surface area (Å²) in [6.07, 6.45) is 3.04. The van der Waals surface area contributed by atoms with Crippen molar-refractivity contribution in [3.63, 3.8) is 0 Å². The number of rotatable bonds is 10. The number of nitrogens with zero attached hydrogens (tertiary/aromatic N) is 1. The van der Waals surface area contributed by atoms with Crippen LogP contribution in [0.1, 0.15) is 51.5 Å².